The largest absolute Gasteiger partial charge is 0.480 e. The lowest BCUT2D eigenvalue weighted by molar-refractivity contribution is -0.139. The molecule has 0 aromatic carbocycles. The number of carboxylic acid groups (broad SMARTS) is 1. The number of aromatic nitrogens is 1. The van der Waals surface area contributed by atoms with Crippen LogP contribution in [0.2, 0.25) is 0 Å². The molecule has 1 heterocycles. The van der Waals surface area contributed by atoms with Crippen molar-refractivity contribution >= 4 is 17.3 Å². The highest BCUT2D eigenvalue weighted by atomic mass is 32.1. The second kappa shape index (κ2) is 7.45. The van der Waals surface area contributed by atoms with Crippen molar-refractivity contribution in [2.75, 3.05) is 26.2 Å². The summed E-state index contributed by atoms with van der Waals surface area (Å²) < 4.78 is 0. The topological polar surface area (TPSA) is 65.5 Å². The zero-order chi connectivity index (χ0) is 13.5. The SMILES string of the molecule is CCN(CC)CCNC(C(=O)O)c1nc(C)cs1. The molecule has 1 unspecified atom stereocenters. The molecule has 1 atom stereocenters. The fourth-order valence-corrected chi connectivity index (χ4v) is 2.55. The van der Waals surface area contributed by atoms with Gasteiger partial charge >= 0.3 is 5.97 Å². The Labute approximate surface area is 112 Å². The van der Waals surface area contributed by atoms with E-state index in [4.69, 9.17) is 0 Å². The molecule has 6 heteroatoms. The van der Waals surface area contributed by atoms with Gasteiger partial charge in [0.15, 0.2) is 6.04 Å². The zero-order valence-electron chi connectivity index (χ0n) is 11.1. The van der Waals surface area contributed by atoms with Crippen molar-refractivity contribution in [2.45, 2.75) is 26.8 Å². The van der Waals surface area contributed by atoms with Gasteiger partial charge in [0.25, 0.3) is 0 Å². The average Bonchev–Trinajstić information content (AvgIpc) is 2.75. The van der Waals surface area contributed by atoms with Crippen molar-refractivity contribution < 1.29 is 9.90 Å². The first-order chi connectivity index (χ1) is 8.58. The molecule has 2 N–H and O–H groups in total. The summed E-state index contributed by atoms with van der Waals surface area (Å²) in [6.45, 7) is 9.52. The number of thiazole rings is 1. The lowest BCUT2D eigenvalue weighted by atomic mass is 10.3. The maximum Gasteiger partial charge on any atom is 0.327 e. The van der Waals surface area contributed by atoms with Crippen molar-refractivity contribution in [2.24, 2.45) is 0 Å². The summed E-state index contributed by atoms with van der Waals surface area (Å²) in [6.07, 6.45) is 0. The summed E-state index contributed by atoms with van der Waals surface area (Å²) in [6, 6.07) is -0.695. The van der Waals surface area contributed by atoms with Gasteiger partial charge in [-0.15, -0.1) is 11.3 Å². The smallest absolute Gasteiger partial charge is 0.327 e. The second-order valence-corrected chi connectivity index (χ2v) is 4.97. The number of carbonyl (C=O) groups is 1. The van der Waals surface area contributed by atoms with Crippen molar-refractivity contribution in [1.29, 1.82) is 0 Å². The molecule has 5 nitrogen and oxygen atoms in total. The van der Waals surface area contributed by atoms with E-state index in [1.807, 2.05) is 12.3 Å². The predicted molar refractivity (Wildman–Crippen MR) is 73.0 cm³/mol. The first-order valence-corrected chi connectivity index (χ1v) is 7.07. The van der Waals surface area contributed by atoms with Gasteiger partial charge in [-0.1, -0.05) is 13.8 Å². The minimum Gasteiger partial charge on any atom is -0.480 e. The number of hydrogen-bond acceptors (Lipinski definition) is 5. The highest BCUT2D eigenvalue weighted by Gasteiger charge is 2.22. The van der Waals surface area contributed by atoms with Crippen LogP contribution in [0.5, 0.6) is 0 Å². The van der Waals surface area contributed by atoms with Crippen LogP contribution in [0, 0.1) is 6.92 Å². The highest BCUT2D eigenvalue weighted by molar-refractivity contribution is 7.09. The second-order valence-electron chi connectivity index (χ2n) is 4.08. The molecule has 0 saturated heterocycles. The molecule has 0 aliphatic carbocycles. The first kappa shape index (κ1) is 15.1. The standard InChI is InChI=1S/C12H21N3O2S/c1-4-15(5-2)7-6-13-10(12(16)17)11-14-9(3)8-18-11/h8,10,13H,4-7H2,1-3H3,(H,16,17). The van der Waals surface area contributed by atoms with E-state index in [2.05, 4.69) is 29.0 Å². The van der Waals surface area contributed by atoms with Crippen molar-refractivity contribution in [1.82, 2.24) is 15.2 Å². The number of aryl methyl sites for hydroxylation is 1. The van der Waals surface area contributed by atoms with Gasteiger partial charge in [-0.2, -0.15) is 0 Å². The number of hydrogen-bond donors (Lipinski definition) is 2. The molecule has 0 fully saturated rings. The fourth-order valence-electron chi connectivity index (χ4n) is 1.69. The predicted octanol–water partition coefficient (Wildman–Crippen LogP) is 1.51. The van der Waals surface area contributed by atoms with E-state index in [9.17, 15) is 9.90 Å². The van der Waals surface area contributed by atoms with Crippen LogP contribution in [0.25, 0.3) is 0 Å². The molecule has 1 aromatic heterocycles. The molecule has 102 valence electrons. The normalized spacial score (nSPS) is 12.9. The molecule has 0 aliphatic heterocycles. The van der Waals surface area contributed by atoms with Crippen LogP contribution in [-0.4, -0.2) is 47.1 Å². The third-order valence-corrected chi connectivity index (χ3v) is 3.83. The maximum atomic E-state index is 11.2. The molecule has 0 aliphatic rings. The van der Waals surface area contributed by atoms with E-state index in [0.29, 0.717) is 11.6 Å². The summed E-state index contributed by atoms with van der Waals surface area (Å²) in [5, 5.41) is 14.8. The maximum absolute atomic E-state index is 11.2. The molecule has 18 heavy (non-hydrogen) atoms. The third kappa shape index (κ3) is 4.36. The molecule has 1 rings (SSSR count). The fraction of sp³-hybridized carbons (Fsp3) is 0.667. The van der Waals surface area contributed by atoms with Crippen LogP contribution in [-0.2, 0) is 4.79 Å². The lowest BCUT2D eigenvalue weighted by Gasteiger charge is -2.19. The molecule has 0 bridgehead atoms. The Morgan fingerprint density at radius 1 is 1.56 bits per heavy atom. The quantitative estimate of drug-likeness (QED) is 0.750. The number of nitrogens with one attached hydrogen (secondary N) is 1. The van der Waals surface area contributed by atoms with Crippen LogP contribution in [0.15, 0.2) is 5.38 Å². The Morgan fingerprint density at radius 2 is 2.22 bits per heavy atom. The molecule has 0 radical (unpaired) electrons. The van der Waals surface area contributed by atoms with Crippen LogP contribution in [0.1, 0.15) is 30.6 Å². The summed E-state index contributed by atoms with van der Waals surface area (Å²) in [5.74, 6) is -0.871. The highest BCUT2D eigenvalue weighted by Crippen LogP contribution is 2.18. The summed E-state index contributed by atoms with van der Waals surface area (Å²) in [4.78, 5) is 17.7. The molecule has 1 aromatic rings. The minimum absolute atomic E-state index is 0.625. The number of likely N-dealkylation sites (N-methyl/N-ethyl adjacent to an activating group) is 1. The Hall–Kier alpha value is -0.980. The summed E-state index contributed by atoms with van der Waals surface area (Å²) in [5.41, 5.74) is 0.867. The van der Waals surface area contributed by atoms with E-state index in [1.165, 1.54) is 11.3 Å². The van der Waals surface area contributed by atoms with Gasteiger partial charge in [-0.25, -0.2) is 4.98 Å². The summed E-state index contributed by atoms with van der Waals surface area (Å²) >= 11 is 1.39. The zero-order valence-corrected chi connectivity index (χ0v) is 12.0. The minimum atomic E-state index is -0.871. The summed E-state index contributed by atoms with van der Waals surface area (Å²) in [7, 11) is 0. The van der Waals surface area contributed by atoms with Gasteiger partial charge in [0.1, 0.15) is 5.01 Å². The van der Waals surface area contributed by atoms with Crippen LogP contribution in [0.4, 0.5) is 0 Å². The van der Waals surface area contributed by atoms with E-state index in [-0.39, 0.29) is 0 Å². The van der Waals surface area contributed by atoms with Crippen LogP contribution < -0.4 is 5.32 Å². The monoisotopic (exact) mass is 271 g/mol. The Bertz CT molecular complexity index is 377. The van der Waals surface area contributed by atoms with Gasteiger partial charge in [-0.05, 0) is 20.0 Å². The number of aliphatic carboxylic acids is 1. The number of rotatable bonds is 8. The lowest BCUT2D eigenvalue weighted by Crippen LogP contribution is -2.36. The van der Waals surface area contributed by atoms with Gasteiger partial charge in [0, 0.05) is 24.2 Å². The average molecular weight is 271 g/mol. The van der Waals surface area contributed by atoms with Crippen molar-refractivity contribution in [3.63, 3.8) is 0 Å². The van der Waals surface area contributed by atoms with E-state index in [0.717, 1.165) is 25.3 Å². The number of nitrogens with zero attached hydrogens (tertiary/aromatic N) is 2. The first-order valence-electron chi connectivity index (χ1n) is 6.19. The van der Waals surface area contributed by atoms with Crippen molar-refractivity contribution in [3.05, 3.63) is 16.1 Å². The van der Waals surface area contributed by atoms with Crippen LogP contribution in [0.3, 0.4) is 0 Å². The molecule has 0 saturated carbocycles. The molecular weight excluding hydrogens is 250 g/mol. The molecule has 0 spiro atoms. The van der Waals surface area contributed by atoms with Gasteiger partial charge in [0.05, 0.1) is 0 Å². The Morgan fingerprint density at radius 3 is 2.67 bits per heavy atom. The van der Waals surface area contributed by atoms with E-state index in [1.54, 1.807) is 0 Å². The Kier molecular flexibility index (Phi) is 6.24. The van der Waals surface area contributed by atoms with E-state index >= 15 is 0 Å². The number of carboxylic acids is 1. The van der Waals surface area contributed by atoms with Gasteiger partial charge in [0.2, 0.25) is 0 Å². The van der Waals surface area contributed by atoms with Gasteiger partial charge in [-0.3, -0.25) is 10.1 Å². The third-order valence-electron chi connectivity index (χ3n) is 2.80. The molecular formula is C12H21N3O2S. The van der Waals surface area contributed by atoms with Crippen LogP contribution >= 0.6 is 11.3 Å². The Balaban J connectivity index is 2.52. The van der Waals surface area contributed by atoms with Gasteiger partial charge < -0.3 is 10.0 Å². The molecule has 0 amide bonds. The van der Waals surface area contributed by atoms with E-state index < -0.39 is 12.0 Å². The van der Waals surface area contributed by atoms with Crippen molar-refractivity contribution in [3.8, 4) is 0 Å².